The van der Waals surface area contributed by atoms with Crippen LogP contribution in [0.3, 0.4) is 0 Å². The van der Waals surface area contributed by atoms with Crippen LogP contribution in [0.4, 0.5) is 0 Å². The number of nitriles is 1. The number of halogens is 2. The van der Waals surface area contributed by atoms with Crippen molar-refractivity contribution in [2.45, 2.75) is 31.6 Å². The molecule has 0 N–H and O–H groups in total. The van der Waals surface area contributed by atoms with E-state index in [0.717, 1.165) is 19.4 Å². The number of hydrogen-bond acceptors (Lipinski definition) is 1. The van der Waals surface area contributed by atoms with E-state index in [-0.39, 0.29) is 0 Å². The van der Waals surface area contributed by atoms with Gasteiger partial charge < -0.3 is 4.57 Å². The lowest BCUT2D eigenvalue weighted by Crippen LogP contribution is -1.95. The van der Waals surface area contributed by atoms with E-state index in [1.165, 1.54) is 31.2 Å². The zero-order valence-electron chi connectivity index (χ0n) is 10.9. The number of hydrogen-bond donors (Lipinski definition) is 0. The Balaban J connectivity index is 2.09. The summed E-state index contributed by atoms with van der Waals surface area (Å²) < 4.78 is 4.21. The van der Waals surface area contributed by atoms with Crippen molar-refractivity contribution in [3.63, 3.8) is 0 Å². The van der Waals surface area contributed by atoms with Gasteiger partial charge in [-0.3, -0.25) is 0 Å². The predicted octanol–water partition coefficient (Wildman–Crippen LogP) is 5.37. The van der Waals surface area contributed by atoms with Gasteiger partial charge in [-0.25, -0.2) is 0 Å². The molecule has 0 spiro atoms. The second-order valence-electron chi connectivity index (χ2n) is 5.19. The Morgan fingerprint density at radius 2 is 1.85 bits per heavy atom. The Bertz CT molecular complexity index is 661. The maximum absolute atomic E-state index is 9.49. The van der Waals surface area contributed by atoms with E-state index in [1.807, 2.05) is 28.8 Å². The number of rotatable bonds is 2. The maximum Gasteiger partial charge on any atom is 0.138 e. The van der Waals surface area contributed by atoms with Gasteiger partial charge in [-0.15, -0.1) is 0 Å². The third-order valence-corrected chi connectivity index (χ3v) is 5.64. The Hall–Kier alpha value is -0.800. The average molecular weight is 441 g/mol. The van der Waals surface area contributed by atoms with Gasteiger partial charge in [-0.1, -0.05) is 28.8 Å². The molecule has 4 heteroatoms. The van der Waals surface area contributed by atoms with E-state index < -0.39 is 0 Å². The molecule has 0 unspecified atom stereocenters. The number of nitrogens with zero attached hydrogens (tertiary/aromatic N) is 2. The van der Waals surface area contributed by atoms with Crippen LogP contribution in [-0.2, 0) is 0 Å². The second kappa shape index (κ2) is 5.90. The minimum atomic E-state index is 0.630. The summed E-state index contributed by atoms with van der Waals surface area (Å²) in [7, 11) is 0. The fourth-order valence-electron chi connectivity index (χ4n) is 2.93. The number of benzene rings is 1. The third-order valence-electron chi connectivity index (χ3n) is 3.98. The molecule has 1 aliphatic carbocycles. The van der Waals surface area contributed by atoms with Crippen molar-refractivity contribution >= 4 is 38.5 Å². The van der Waals surface area contributed by atoms with Crippen LogP contribution < -0.4 is 0 Å². The summed E-state index contributed by atoms with van der Waals surface area (Å²) in [5.41, 5.74) is 3.16. The lowest BCUT2D eigenvalue weighted by Gasteiger charge is -2.06. The summed E-state index contributed by atoms with van der Waals surface area (Å²) in [6.45, 7) is 0. The van der Waals surface area contributed by atoms with Crippen molar-refractivity contribution < 1.29 is 0 Å². The molecule has 2 aromatic rings. The molecule has 0 aliphatic heterocycles. The molecule has 1 aliphatic rings. The maximum atomic E-state index is 9.49. The normalized spacial score (nSPS) is 15.4. The summed E-state index contributed by atoms with van der Waals surface area (Å²) in [6.07, 6.45) is 7.30. The summed E-state index contributed by atoms with van der Waals surface area (Å²) >= 11 is 5.78. The second-order valence-corrected chi connectivity index (χ2v) is 7.18. The van der Waals surface area contributed by atoms with Crippen LogP contribution in [0.15, 0.2) is 34.9 Å². The first kappa shape index (κ1) is 14.2. The van der Waals surface area contributed by atoms with Gasteiger partial charge in [0.25, 0.3) is 0 Å². The van der Waals surface area contributed by atoms with Crippen LogP contribution in [0.2, 0.25) is 0 Å². The van der Waals surface area contributed by atoms with Crippen molar-refractivity contribution in [1.82, 2.24) is 4.57 Å². The summed E-state index contributed by atoms with van der Waals surface area (Å²) in [5, 5.41) is 9.49. The zero-order valence-corrected chi connectivity index (χ0v) is 14.7. The summed E-state index contributed by atoms with van der Waals surface area (Å²) in [4.78, 5) is 0. The predicted molar refractivity (Wildman–Crippen MR) is 92.1 cm³/mol. The molecule has 3 rings (SSSR count). The first-order chi connectivity index (χ1) is 9.70. The smallest absolute Gasteiger partial charge is 0.138 e. The van der Waals surface area contributed by atoms with Crippen LogP contribution in [0, 0.1) is 14.9 Å². The fourth-order valence-corrected chi connectivity index (χ4v) is 4.16. The molecule has 0 amide bonds. The monoisotopic (exact) mass is 440 g/mol. The topological polar surface area (TPSA) is 28.7 Å². The van der Waals surface area contributed by atoms with Crippen LogP contribution in [-0.4, -0.2) is 4.57 Å². The highest BCUT2D eigenvalue weighted by atomic mass is 127. The molecule has 0 radical (unpaired) electrons. The van der Waals surface area contributed by atoms with Crippen LogP contribution in [0.5, 0.6) is 0 Å². The molecule has 1 aromatic carbocycles. The molecule has 2 nitrogen and oxygen atoms in total. The largest absolute Gasteiger partial charge is 0.307 e. The van der Waals surface area contributed by atoms with Gasteiger partial charge in [-0.2, -0.15) is 5.26 Å². The summed E-state index contributed by atoms with van der Waals surface area (Å²) in [6, 6.07) is 10.5. The van der Waals surface area contributed by atoms with Gasteiger partial charge in [0.15, 0.2) is 0 Å². The van der Waals surface area contributed by atoms with Gasteiger partial charge in [0.1, 0.15) is 11.8 Å². The van der Waals surface area contributed by atoms with Gasteiger partial charge >= 0.3 is 0 Å². The molecule has 1 fully saturated rings. The van der Waals surface area contributed by atoms with E-state index in [1.54, 1.807) is 0 Å². The molecule has 0 saturated heterocycles. The molecule has 1 aromatic heterocycles. The molecular weight excluding hydrogens is 427 g/mol. The van der Waals surface area contributed by atoms with Gasteiger partial charge in [0.2, 0.25) is 0 Å². The number of aromatic nitrogens is 1. The van der Waals surface area contributed by atoms with E-state index >= 15 is 0 Å². The molecule has 0 atom stereocenters. The quantitative estimate of drug-likeness (QED) is 0.576. The van der Waals surface area contributed by atoms with E-state index in [9.17, 15) is 5.26 Å². The highest BCUT2D eigenvalue weighted by Crippen LogP contribution is 2.38. The highest BCUT2D eigenvalue weighted by Gasteiger charge is 2.24. The molecular formula is C16H14BrIN2. The van der Waals surface area contributed by atoms with Gasteiger partial charge in [0.05, 0.1) is 3.57 Å². The van der Waals surface area contributed by atoms with Gasteiger partial charge in [-0.05, 0) is 71.2 Å². The van der Waals surface area contributed by atoms with Crippen LogP contribution in [0.1, 0.15) is 42.9 Å². The average Bonchev–Trinajstić information content (AvgIpc) is 3.07. The van der Waals surface area contributed by atoms with Crippen LogP contribution >= 0.6 is 38.5 Å². The minimum Gasteiger partial charge on any atom is -0.307 e. The molecule has 0 bridgehead atoms. The van der Waals surface area contributed by atoms with E-state index in [0.29, 0.717) is 5.92 Å². The van der Waals surface area contributed by atoms with Crippen molar-refractivity contribution in [2.75, 3.05) is 0 Å². The lowest BCUT2D eigenvalue weighted by atomic mass is 10.0. The first-order valence-electron chi connectivity index (χ1n) is 6.77. The zero-order chi connectivity index (χ0) is 14.1. The Morgan fingerprint density at radius 3 is 2.45 bits per heavy atom. The van der Waals surface area contributed by atoms with Crippen molar-refractivity contribution in [3.8, 4) is 11.8 Å². The molecule has 20 heavy (non-hydrogen) atoms. The van der Waals surface area contributed by atoms with Crippen LogP contribution in [0.25, 0.3) is 5.69 Å². The summed E-state index contributed by atoms with van der Waals surface area (Å²) in [5.74, 6) is 0.630. The van der Waals surface area contributed by atoms with Crippen molar-refractivity contribution in [2.24, 2.45) is 0 Å². The SMILES string of the molecule is N#Cc1c(I)c(C2CCCC2)cn1-c1ccc(Br)cc1. The van der Waals surface area contributed by atoms with Gasteiger partial charge in [0, 0.05) is 16.4 Å². The lowest BCUT2D eigenvalue weighted by molar-refractivity contribution is 0.719. The Kier molecular flexibility index (Phi) is 4.18. The Morgan fingerprint density at radius 1 is 1.20 bits per heavy atom. The minimum absolute atomic E-state index is 0.630. The first-order valence-corrected chi connectivity index (χ1v) is 8.64. The van der Waals surface area contributed by atoms with E-state index in [4.69, 9.17) is 0 Å². The third kappa shape index (κ3) is 2.53. The molecule has 1 heterocycles. The highest BCUT2D eigenvalue weighted by molar-refractivity contribution is 14.1. The van der Waals surface area contributed by atoms with Crippen molar-refractivity contribution in [3.05, 3.63) is 49.8 Å². The molecule has 1 saturated carbocycles. The van der Waals surface area contributed by atoms with Crippen molar-refractivity contribution in [1.29, 1.82) is 5.26 Å². The van der Waals surface area contributed by atoms with E-state index in [2.05, 4.69) is 50.8 Å². The molecule has 102 valence electrons. The Labute approximate surface area is 141 Å². The fraction of sp³-hybridized carbons (Fsp3) is 0.312. The standard InChI is InChI=1S/C16H14BrIN2/c17-12-5-7-13(8-6-12)20-10-14(11-3-1-2-4-11)16(18)15(20)9-19/h5-8,10-11H,1-4H2.